The van der Waals surface area contributed by atoms with Crippen LogP contribution in [0.4, 0.5) is 5.00 Å². The molecule has 0 atom stereocenters. The molecule has 0 saturated heterocycles. The number of likely N-dealkylation sites (N-methyl/N-ethyl adjacent to an activating group) is 1. The molecule has 0 spiro atoms. The summed E-state index contributed by atoms with van der Waals surface area (Å²) in [4.78, 5) is 28.0. The molecule has 0 fully saturated rings. The Morgan fingerprint density at radius 2 is 1.73 bits per heavy atom. The summed E-state index contributed by atoms with van der Waals surface area (Å²) in [7, 11) is 2.03. The summed E-state index contributed by atoms with van der Waals surface area (Å²) in [6.45, 7) is 1.61. The first kappa shape index (κ1) is 21.8. The fourth-order valence-electron chi connectivity index (χ4n) is 3.35. The fraction of sp³-hybridized carbons (Fsp3) is 0.182. The summed E-state index contributed by atoms with van der Waals surface area (Å²) in [6.07, 6.45) is 0.752. The molecule has 0 aliphatic carbocycles. The van der Waals surface area contributed by atoms with Crippen LogP contribution in [0.5, 0.6) is 11.5 Å². The van der Waals surface area contributed by atoms with Gasteiger partial charge in [-0.1, -0.05) is 18.2 Å². The molecule has 3 aromatic rings. The number of nitrogens with two attached hydrogens (primary N) is 1. The normalized spacial score (nSPS) is 13.1. The summed E-state index contributed by atoms with van der Waals surface area (Å²) in [5.74, 6) is 0.574. The number of hydrogen-bond donors (Lipinski definition) is 2. The molecule has 1 aliphatic rings. The number of fused-ring (bicyclic) bond motifs is 1. The summed E-state index contributed by atoms with van der Waals surface area (Å²) in [5, 5.41) is 3.39. The number of carbonyl (C=O) groups excluding carboxylic acids is 2. The van der Waals surface area contributed by atoms with Crippen molar-refractivity contribution in [1.29, 1.82) is 0 Å². The van der Waals surface area contributed by atoms with Crippen LogP contribution in [0.1, 0.15) is 31.2 Å². The van der Waals surface area contributed by atoms with E-state index in [-0.39, 0.29) is 18.3 Å². The lowest BCUT2D eigenvalue weighted by Crippen LogP contribution is -2.27. The van der Waals surface area contributed by atoms with E-state index in [9.17, 15) is 9.59 Å². The highest BCUT2D eigenvalue weighted by atomic mass is 35.5. The molecule has 156 valence electrons. The van der Waals surface area contributed by atoms with Crippen molar-refractivity contribution >= 4 is 40.6 Å². The second-order valence-electron chi connectivity index (χ2n) is 6.95. The van der Waals surface area contributed by atoms with Crippen molar-refractivity contribution in [3.8, 4) is 11.5 Å². The number of carbonyl (C=O) groups is 2. The highest BCUT2D eigenvalue weighted by Gasteiger charge is 2.26. The first-order valence-electron chi connectivity index (χ1n) is 9.28. The molecule has 6 nitrogen and oxygen atoms in total. The molecular weight excluding hydrogens is 422 g/mol. The van der Waals surface area contributed by atoms with Crippen LogP contribution >= 0.6 is 23.7 Å². The fourth-order valence-corrected chi connectivity index (χ4v) is 4.68. The van der Waals surface area contributed by atoms with Crippen molar-refractivity contribution in [3.05, 3.63) is 76.2 Å². The summed E-state index contributed by atoms with van der Waals surface area (Å²) in [6, 6.07) is 16.3. The molecule has 0 radical (unpaired) electrons. The first-order valence-corrected chi connectivity index (χ1v) is 10.1. The predicted octanol–water partition coefficient (Wildman–Crippen LogP) is 4.30. The number of thiophene rings is 1. The SMILES string of the molecule is CN1CCc2c(sc(NC(=O)c3ccc(Oc4ccccc4)cc3)c2C(N)=O)C1.Cl. The molecule has 0 bridgehead atoms. The van der Waals surface area contributed by atoms with Gasteiger partial charge in [-0.3, -0.25) is 9.59 Å². The number of ether oxygens (including phenoxy) is 1. The Labute approximate surface area is 185 Å². The topological polar surface area (TPSA) is 84.7 Å². The molecule has 1 aromatic heterocycles. The number of benzene rings is 2. The minimum atomic E-state index is -0.506. The van der Waals surface area contributed by atoms with Crippen LogP contribution in [0.3, 0.4) is 0 Å². The number of primary amides is 1. The average Bonchev–Trinajstić information content (AvgIpc) is 3.06. The Bertz CT molecular complexity index is 1050. The maximum atomic E-state index is 12.7. The summed E-state index contributed by atoms with van der Waals surface area (Å²) in [5.41, 5.74) is 7.49. The van der Waals surface area contributed by atoms with Gasteiger partial charge in [-0.15, -0.1) is 23.7 Å². The van der Waals surface area contributed by atoms with Crippen molar-refractivity contribution in [1.82, 2.24) is 4.90 Å². The van der Waals surface area contributed by atoms with Gasteiger partial charge in [-0.2, -0.15) is 0 Å². The molecule has 2 aromatic carbocycles. The molecule has 0 saturated carbocycles. The maximum Gasteiger partial charge on any atom is 0.256 e. The maximum absolute atomic E-state index is 12.7. The van der Waals surface area contributed by atoms with E-state index in [4.69, 9.17) is 10.5 Å². The van der Waals surface area contributed by atoms with Gasteiger partial charge in [-0.25, -0.2) is 0 Å². The number of anilines is 1. The molecule has 3 N–H and O–H groups in total. The molecule has 8 heteroatoms. The number of halogens is 1. The highest BCUT2D eigenvalue weighted by molar-refractivity contribution is 7.17. The molecule has 1 aliphatic heterocycles. The molecule has 4 rings (SSSR count). The largest absolute Gasteiger partial charge is 0.457 e. The van der Waals surface area contributed by atoms with E-state index in [1.165, 1.54) is 11.3 Å². The van der Waals surface area contributed by atoms with Crippen molar-refractivity contribution in [2.75, 3.05) is 18.9 Å². The predicted molar refractivity (Wildman–Crippen MR) is 121 cm³/mol. The third kappa shape index (κ3) is 4.64. The lowest BCUT2D eigenvalue weighted by atomic mass is 10.0. The van der Waals surface area contributed by atoms with Gasteiger partial charge in [-0.05, 0) is 55.4 Å². The van der Waals surface area contributed by atoms with Gasteiger partial charge in [0.05, 0.1) is 5.56 Å². The Morgan fingerprint density at radius 3 is 2.40 bits per heavy atom. The van der Waals surface area contributed by atoms with E-state index in [2.05, 4.69) is 10.2 Å². The van der Waals surface area contributed by atoms with Gasteiger partial charge in [0.1, 0.15) is 16.5 Å². The van der Waals surface area contributed by atoms with Crippen LogP contribution in [-0.4, -0.2) is 30.3 Å². The first-order chi connectivity index (χ1) is 14.0. The van der Waals surface area contributed by atoms with Gasteiger partial charge >= 0.3 is 0 Å². The van der Waals surface area contributed by atoms with Gasteiger partial charge in [0.15, 0.2) is 0 Å². The number of hydrogen-bond acceptors (Lipinski definition) is 5. The lowest BCUT2D eigenvalue weighted by molar-refractivity contribution is 0.1000. The van der Waals surface area contributed by atoms with Crippen LogP contribution in [0.2, 0.25) is 0 Å². The summed E-state index contributed by atoms with van der Waals surface area (Å²) < 4.78 is 5.75. The second-order valence-corrected chi connectivity index (χ2v) is 8.06. The Hall–Kier alpha value is -2.87. The van der Waals surface area contributed by atoms with Crippen molar-refractivity contribution < 1.29 is 14.3 Å². The second kappa shape index (κ2) is 9.30. The van der Waals surface area contributed by atoms with Crippen LogP contribution in [0.15, 0.2) is 54.6 Å². The Morgan fingerprint density at radius 1 is 1.07 bits per heavy atom. The minimum absolute atomic E-state index is 0. The molecular formula is C22H22ClN3O3S. The van der Waals surface area contributed by atoms with Crippen LogP contribution in [0.25, 0.3) is 0 Å². The zero-order valence-electron chi connectivity index (χ0n) is 16.4. The third-order valence-corrected chi connectivity index (χ3v) is 5.95. The smallest absolute Gasteiger partial charge is 0.256 e. The third-order valence-electron chi connectivity index (χ3n) is 4.82. The van der Waals surface area contributed by atoms with Crippen molar-refractivity contribution in [3.63, 3.8) is 0 Å². The Kier molecular flexibility index (Phi) is 6.77. The number of amides is 2. The van der Waals surface area contributed by atoms with Gasteiger partial charge < -0.3 is 20.7 Å². The summed E-state index contributed by atoms with van der Waals surface area (Å²) >= 11 is 1.42. The molecule has 2 heterocycles. The number of para-hydroxylation sites is 1. The standard InChI is InChI=1S/C22H21N3O3S.ClH/c1-25-12-11-17-18(13-25)29-22(19(17)20(23)26)24-21(27)14-7-9-16(10-8-14)28-15-5-3-2-4-6-15;/h2-10H,11-13H2,1H3,(H2,23,26)(H,24,27);1H. The van der Waals surface area contributed by atoms with Gasteiger partial charge in [0, 0.05) is 23.5 Å². The number of nitrogens with one attached hydrogen (secondary N) is 1. The highest BCUT2D eigenvalue weighted by Crippen LogP contribution is 2.37. The number of rotatable bonds is 5. The van der Waals surface area contributed by atoms with Crippen LogP contribution in [-0.2, 0) is 13.0 Å². The minimum Gasteiger partial charge on any atom is -0.457 e. The monoisotopic (exact) mass is 443 g/mol. The van der Waals surface area contributed by atoms with E-state index in [0.717, 1.165) is 35.7 Å². The molecule has 0 unspecified atom stereocenters. The zero-order chi connectivity index (χ0) is 20.4. The lowest BCUT2D eigenvalue weighted by Gasteiger charge is -2.22. The van der Waals surface area contributed by atoms with Crippen LogP contribution in [0, 0.1) is 0 Å². The van der Waals surface area contributed by atoms with Gasteiger partial charge in [0.2, 0.25) is 0 Å². The Balaban J connectivity index is 0.00000256. The van der Waals surface area contributed by atoms with E-state index >= 15 is 0 Å². The van der Waals surface area contributed by atoms with E-state index in [1.807, 2.05) is 37.4 Å². The van der Waals surface area contributed by atoms with Crippen LogP contribution < -0.4 is 15.8 Å². The van der Waals surface area contributed by atoms with Crippen molar-refractivity contribution in [2.45, 2.75) is 13.0 Å². The quantitative estimate of drug-likeness (QED) is 0.615. The van der Waals surface area contributed by atoms with Crippen molar-refractivity contribution in [2.24, 2.45) is 5.73 Å². The molecule has 2 amide bonds. The van der Waals surface area contributed by atoms with Gasteiger partial charge in [0.25, 0.3) is 11.8 Å². The zero-order valence-corrected chi connectivity index (χ0v) is 18.0. The molecule has 30 heavy (non-hydrogen) atoms. The van der Waals surface area contributed by atoms with E-state index in [0.29, 0.717) is 21.9 Å². The average molecular weight is 444 g/mol. The number of nitrogens with zero attached hydrogens (tertiary/aromatic N) is 1. The van der Waals surface area contributed by atoms with E-state index in [1.54, 1.807) is 24.3 Å². The van der Waals surface area contributed by atoms with E-state index < -0.39 is 5.91 Å².